The van der Waals surface area contributed by atoms with Gasteiger partial charge in [-0.3, -0.25) is 4.79 Å². The molecule has 0 saturated heterocycles. The summed E-state index contributed by atoms with van der Waals surface area (Å²) in [5.74, 6) is 6.05. The molecule has 8 heteroatoms. The third-order valence-corrected chi connectivity index (χ3v) is 4.70. The highest BCUT2D eigenvalue weighted by atomic mass is 32.2. The maximum Gasteiger partial charge on any atom is 0.234 e. The molecule has 0 aliphatic carbocycles. The van der Waals surface area contributed by atoms with E-state index in [0.29, 0.717) is 16.5 Å². The number of halogens is 1. The largest absolute Gasteiger partial charge is 0.335 e. The number of carbonyl (C=O) groups is 1. The first-order chi connectivity index (χ1) is 12.4. The number of amides is 1. The molecular weight excluding hydrogens is 353 g/mol. The molecule has 0 fully saturated rings. The second-order valence-electron chi connectivity index (χ2n) is 5.84. The van der Waals surface area contributed by atoms with Crippen molar-refractivity contribution in [2.45, 2.75) is 19.0 Å². The molecule has 0 spiro atoms. The summed E-state index contributed by atoms with van der Waals surface area (Å²) in [6, 6.07) is 11.6. The number of aromatic nitrogens is 3. The van der Waals surface area contributed by atoms with Crippen molar-refractivity contribution in [3.8, 4) is 11.4 Å². The van der Waals surface area contributed by atoms with E-state index in [0.717, 1.165) is 16.8 Å². The lowest BCUT2D eigenvalue weighted by Gasteiger charge is -2.09. The van der Waals surface area contributed by atoms with E-state index < -0.39 is 0 Å². The quantitative estimate of drug-likeness (QED) is 0.532. The first-order valence-corrected chi connectivity index (χ1v) is 8.89. The predicted molar refractivity (Wildman–Crippen MR) is 101 cm³/mol. The number of thioether (sulfide) groups is 1. The Bertz CT molecular complexity index is 939. The van der Waals surface area contributed by atoms with Gasteiger partial charge in [-0.1, -0.05) is 29.5 Å². The van der Waals surface area contributed by atoms with Gasteiger partial charge < -0.3 is 11.2 Å². The number of carbonyl (C=O) groups excluding carboxylic acids is 1. The lowest BCUT2D eigenvalue weighted by atomic mass is 10.1. The Labute approximate surface area is 154 Å². The molecular formula is C18H18FN5OS. The molecule has 0 aliphatic heterocycles. The molecule has 0 bridgehead atoms. The smallest absolute Gasteiger partial charge is 0.234 e. The van der Waals surface area contributed by atoms with Crippen molar-refractivity contribution >= 4 is 23.4 Å². The number of nitrogens with zero attached hydrogens (tertiary/aromatic N) is 3. The predicted octanol–water partition coefficient (Wildman–Crippen LogP) is 3.15. The minimum Gasteiger partial charge on any atom is -0.335 e. The van der Waals surface area contributed by atoms with Crippen molar-refractivity contribution in [3.63, 3.8) is 0 Å². The SMILES string of the molecule is Cc1ccc(NC(=O)CSc2nnc(-c3ccc(F)cc3)n2N)c(C)c1. The van der Waals surface area contributed by atoms with Crippen molar-refractivity contribution in [2.24, 2.45) is 0 Å². The summed E-state index contributed by atoms with van der Waals surface area (Å²) < 4.78 is 14.3. The maximum atomic E-state index is 13.0. The molecule has 26 heavy (non-hydrogen) atoms. The van der Waals surface area contributed by atoms with Crippen molar-refractivity contribution in [1.29, 1.82) is 0 Å². The minimum absolute atomic E-state index is 0.145. The van der Waals surface area contributed by atoms with E-state index in [1.165, 1.54) is 28.6 Å². The van der Waals surface area contributed by atoms with E-state index >= 15 is 0 Å². The molecule has 0 saturated carbocycles. The molecule has 1 heterocycles. The molecule has 0 atom stereocenters. The van der Waals surface area contributed by atoms with Gasteiger partial charge in [-0.25, -0.2) is 9.07 Å². The molecule has 1 amide bonds. The second kappa shape index (κ2) is 7.57. The average Bonchev–Trinajstić information content (AvgIpc) is 2.97. The first-order valence-electron chi connectivity index (χ1n) is 7.90. The number of benzene rings is 2. The summed E-state index contributed by atoms with van der Waals surface area (Å²) in [5.41, 5.74) is 3.57. The van der Waals surface area contributed by atoms with Crippen LogP contribution in [0.5, 0.6) is 0 Å². The molecule has 0 radical (unpaired) electrons. The van der Waals surface area contributed by atoms with E-state index in [4.69, 9.17) is 5.84 Å². The molecule has 3 rings (SSSR count). The molecule has 0 unspecified atom stereocenters. The van der Waals surface area contributed by atoms with Gasteiger partial charge in [0.25, 0.3) is 0 Å². The fourth-order valence-electron chi connectivity index (χ4n) is 2.44. The Morgan fingerprint density at radius 2 is 1.92 bits per heavy atom. The number of anilines is 1. The number of aryl methyl sites for hydroxylation is 2. The Morgan fingerprint density at radius 3 is 2.62 bits per heavy atom. The highest BCUT2D eigenvalue weighted by molar-refractivity contribution is 7.99. The number of nitrogens with one attached hydrogen (secondary N) is 1. The normalized spacial score (nSPS) is 10.7. The van der Waals surface area contributed by atoms with Crippen LogP contribution < -0.4 is 11.2 Å². The summed E-state index contributed by atoms with van der Waals surface area (Å²) in [6.45, 7) is 3.95. The summed E-state index contributed by atoms with van der Waals surface area (Å²) in [4.78, 5) is 12.2. The lowest BCUT2D eigenvalue weighted by molar-refractivity contribution is -0.113. The van der Waals surface area contributed by atoms with Crippen LogP contribution in [0.25, 0.3) is 11.4 Å². The zero-order chi connectivity index (χ0) is 18.7. The molecule has 134 valence electrons. The number of hydrogen-bond donors (Lipinski definition) is 2. The van der Waals surface area contributed by atoms with E-state index in [2.05, 4.69) is 15.5 Å². The van der Waals surface area contributed by atoms with E-state index in [-0.39, 0.29) is 17.5 Å². The Kier molecular flexibility index (Phi) is 5.22. The number of nitrogen functional groups attached to an aromatic ring is 1. The van der Waals surface area contributed by atoms with Crippen molar-refractivity contribution in [2.75, 3.05) is 16.9 Å². The second-order valence-corrected chi connectivity index (χ2v) is 6.78. The highest BCUT2D eigenvalue weighted by Gasteiger charge is 2.14. The number of hydrogen-bond acceptors (Lipinski definition) is 5. The zero-order valence-electron chi connectivity index (χ0n) is 14.4. The van der Waals surface area contributed by atoms with Gasteiger partial charge in [0, 0.05) is 11.3 Å². The minimum atomic E-state index is -0.338. The van der Waals surface area contributed by atoms with E-state index in [1.807, 2.05) is 32.0 Å². The molecule has 0 aliphatic rings. The van der Waals surface area contributed by atoms with Crippen LogP contribution >= 0.6 is 11.8 Å². The topological polar surface area (TPSA) is 85.8 Å². The van der Waals surface area contributed by atoms with Crippen LogP contribution in [0.4, 0.5) is 10.1 Å². The lowest BCUT2D eigenvalue weighted by Crippen LogP contribution is -2.17. The Hall–Kier alpha value is -2.87. The Balaban J connectivity index is 1.64. The number of rotatable bonds is 5. The van der Waals surface area contributed by atoms with Crippen molar-refractivity contribution in [1.82, 2.24) is 14.9 Å². The molecule has 1 aromatic heterocycles. The van der Waals surface area contributed by atoms with Gasteiger partial charge in [0.05, 0.1) is 5.75 Å². The third-order valence-electron chi connectivity index (χ3n) is 3.76. The van der Waals surface area contributed by atoms with Crippen LogP contribution in [0.3, 0.4) is 0 Å². The van der Waals surface area contributed by atoms with Gasteiger partial charge in [-0.05, 0) is 49.7 Å². The first kappa shape index (κ1) is 17.9. The summed E-state index contributed by atoms with van der Waals surface area (Å²) >= 11 is 1.18. The standard InChI is InChI=1S/C18H18FN5OS/c1-11-3-8-15(12(2)9-11)21-16(25)10-26-18-23-22-17(24(18)20)13-4-6-14(19)7-5-13/h3-9H,10,20H2,1-2H3,(H,21,25). The van der Waals surface area contributed by atoms with Gasteiger partial charge in [0.1, 0.15) is 5.82 Å². The number of nitrogens with two attached hydrogens (primary N) is 1. The van der Waals surface area contributed by atoms with E-state index in [9.17, 15) is 9.18 Å². The zero-order valence-corrected chi connectivity index (χ0v) is 15.2. The van der Waals surface area contributed by atoms with Crippen LogP contribution in [0.1, 0.15) is 11.1 Å². The van der Waals surface area contributed by atoms with Gasteiger partial charge in [0.15, 0.2) is 5.82 Å². The average molecular weight is 371 g/mol. The van der Waals surface area contributed by atoms with Crippen LogP contribution in [-0.2, 0) is 4.79 Å². The monoisotopic (exact) mass is 371 g/mol. The fraction of sp³-hybridized carbons (Fsp3) is 0.167. The Morgan fingerprint density at radius 1 is 1.19 bits per heavy atom. The van der Waals surface area contributed by atoms with Gasteiger partial charge >= 0.3 is 0 Å². The summed E-state index contributed by atoms with van der Waals surface area (Å²) in [6.07, 6.45) is 0. The molecule has 6 nitrogen and oxygen atoms in total. The third kappa shape index (κ3) is 4.02. The van der Waals surface area contributed by atoms with Gasteiger partial charge in [-0.15, -0.1) is 10.2 Å². The van der Waals surface area contributed by atoms with Crippen LogP contribution in [-0.4, -0.2) is 26.5 Å². The summed E-state index contributed by atoms with van der Waals surface area (Å²) in [7, 11) is 0. The van der Waals surface area contributed by atoms with Crippen molar-refractivity contribution < 1.29 is 9.18 Å². The van der Waals surface area contributed by atoms with Crippen LogP contribution in [0, 0.1) is 19.7 Å². The van der Waals surface area contributed by atoms with Gasteiger partial charge in [-0.2, -0.15) is 0 Å². The molecule has 2 aromatic carbocycles. The fourth-order valence-corrected chi connectivity index (χ4v) is 3.10. The van der Waals surface area contributed by atoms with Crippen LogP contribution in [0.15, 0.2) is 47.6 Å². The maximum absolute atomic E-state index is 13.0. The van der Waals surface area contributed by atoms with Crippen molar-refractivity contribution in [3.05, 3.63) is 59.4 Å². The molecule has 3 N–H and O–H groups in total. The van der Waals surface area contributed by atoms with Crippen LogP contribution in [0.2, 0.25) is 0 Å². The van der Waals surface area contributed by atoms with E-state index in [1.54, 1.807) is 12.1 Å². The summed E-state index contributed by atoms with van der Waals surface area (Å²) in [5, 5.41) is 11.3. The highest BCUT2D eigenvalue weighted by Crippen LogP contribution is 2.22. The van der Waals surface area contributed by atoms with Gasteiger partial charge in [0.2, 0.25) is 11.1 Å². The molecule has 3 aromatic rings.